The Bertz CT molecular complexity index is 1410. The molecule has 0 bridgehead atoms. The first-order chi connectivity index (χ1) is 18.3. The van der Waals surface area contributed by atoms with Crippen LogP contribution in [0.25, 0.3) is 11.1 Å². The van der Waals surface area contributed by atoms with Gasteiger partial charge in [-0.3, -0.25) is 15.1 Å². The summed E-state index contributed by atoms with van der Waals surface area (Å²) in [4.78, 5) is 34.4. The fraction of sp³-hybridized carbons (Fsp3) is 0.387. The molecule has 7 nitrogen and oxygen atoms in total. The molecule has 1 fully saturated rings. The topological polar surface area (TPSA) is 86.4 Å². The average Bonchev–Trinajstić information content (AvgIpc) is 3.29. The van der Waals surface area contributed by atoms with Crippen LogP contribution in [0.1, 0.15) is 72.3 Å². The summed E-state index contributed by atoms with van der Waals surface area (Å²) in [5.41, 5.74) is 5.25. The van der Waals surface area contributed by atoms with Gasteiger partial charge >= 0.3 is 6.03 Å². The quantitative estimate of drug-likeness (QED) is 0.303. The number of urea groups is 1. The maximum atomic E-state index is 13.8. The number of pyridine rings is 1. The van der Waals surface area contributed by atoms with Gasteiger partial charge in [0.05, 0.1) is 11.1 Å². The van der Waals surface area contributed by atoms with Crippen LogP contribution < -0.4 is 16.0 Å². The number of anilines is 2. The Balaban J connectivity index is 0.00000294. The van der Waals surface area contributed by atoms with Gasteiger partial charge in [-0.05, 0) is 68.0 Å². The molecule has 3 amide bonds. The first-order valence-corrected chi connectivity index (χ1v) is 14.2. The van der Waals surface area contributed by atoms with Crippen molar-refractivity contribution in [3.05, 3.63) is 76.6 Å². The molecule has 1 aliphatic heterocycles. The van der Waals surface area contributed by atoms with E-state index in [9.17, 15) is 9.59 Å². The Morgan fingerprint density at radius 1 is 1.15 bits per heavy atom. The van der Waals surface area contributed by atoms with Crippen LogP contribution in [0.3, 0.4) is 0 Å². The lowest BCUT2D eigenvalue weighted by Gasteiger charge is -2.44. The van der Waals surface area contributed by atoms with E-state index < -0.39 is 11.6 Å². The molecule has 0 saturated carbocycles. The van der Waals surface area contributed by atoms with E-state index in [-0.39, 0.29) is 15.6 Å². The molecule has 1 aliphatic rings. The molecule has 3 aromatic rings. The second kappa shape index (κ2) is 10.8. The van der Waals surface area contributed by atoms with Crippen molar-refractivity contribution < 1.29 is 13.9 Å². The molecule has 0 radical (unpaired) electrons. The van der Waals surface area contributed by atoms with Crippen LogP contribution in [-0.4, -0.2) is 40.5 Å². The van der Waals surface area contributed by atoms with Gasteiger partial charge in [-0.25, -0.2) is 4.79 Å². The molecule has 4 rings (SSSR count). The highest BCUT2D eigenvalue weighted by Gasteiger charge is 2.38. The normalized spacial score (nSPS) is 15.1. The molecule has 39 heavy (non-hydrogen) atoms. The molecule has 0 aliphatic carbocycles. The van der Waals surface area contributed by atoms with Crippen LogP contribution in [0.2, 0.25) is 0 Å². The third-order valence-electron chi connectivity index (χ3n) is 7.12. The predicted molar refractivity (Wildman–Crippen MR) is 168 cm³/mol. The summed E-state index contributed by atoms with van der Waals surface area (Å²) >= 11 is 1.44. The van der Waals surface area contributed by atoms with Gasteiger partial charge < -0.3 is 15.5 Å². The highest BCUT2D eigenvalue weighted by atomic mass is 32.1. The number of hydrogen-bond acceptors (Lipinski definition) is 5. The van der Waals surface area contributed by atoms with Crippen LogP contribution in [0, 0.1) is 6.92 Å². The number of hydrogen-bond donors (Lipinski definition) is 3. The number of nitrogens with one attached hydrogen (secondary N) is 3. The third kappa shape index (κ3) is 6.17. The average molecular weight is 552 g/mol. The monoisotopic (exact) mass is 551 g/mol. The number of rotatable bonds is 5. The minimum Gasteiger partial charge on any atom is -0.385 e. The van der Waals surface area contributed by atoms with Crippen LogP contribution >= 0.6 is 11.3 Å². The van der Waals surface area contributed by atoms with Crippen molar-refractivity contribution >= 4 is 34.0 Å². The zero-order valence-corrected chi connectivity index (χ0v) is 24.8. The number of aromatic nitrogens is 1. The zero-order chi connectivity index (χ0) is 28.5. The molecule has 0 unspecified atom stereocenters. The van der Waals surface area contributed by atoms with Gasteiger partial charge in [-0.15, -0.1) is 11.3 Å². The van der Waals surface area contributed by atoms with Crippen molar-refractivity contribution in [3.63, 3.8) is 0 Å². The summed E-state index contributed by atoms with van der Waals surface area (Å²) in [5, 5.41) is 9.75. The van der Waals surface area contributed by atoms with Gasteiger partial charge in [-0.2, -0.15) is 0 Å². The van der Waals surface area contributed by atoms with E-state index in [4.69, 9.17) is 0 Å². The van der Waals surface area contributed by atoms with Crippen molar-refractivity contribution in [2.24, 2.45) is 0 Å². The number of nitrogens with zero attached hydrogens (tertiary/aromatic N) is 2. The Morgan fingerprint density at radius 3 is 2.54 bits per heavy atom. The van der Waals surface area contributed by atoms with E-state index in [1.165, 1.54) is 11.3 Å². The highest BCUT2D eigenvalue weighted by molar-refractivity contribution is 7.16. The van der Waals surface area contributed by atoms with Gasteiger partial charge in [0.1, 0.15) is 5.00 Å². The molecule has 8 heteroatoms. The van der Waals surface area contributed by atoms with Gasteiger partial charge in [0.15, 0.2) is 0 Å². The molecule has 212 valence electrons. The van der Waals surface area contributed by atoms with E-state index in [2.05, 4.69) is 61.3 Å². The fourth-order valence-electron chi connectivity index (χ4n) is 4.58. The van der Waals surface area contributed by atoms with Crippen molar-refractivity contribution in [3.8, 4) is 11.1 Å². The summed E-state index contributed by atoms with van der Waals surface area (Å²) < 4.78 is 0. The van der Waals surface area contributed by atoms with E-state index in [0.29, 0.717) is 29.3 Å². The maximum absolute atomic E-state index is 13.8. The molecule has 0 spiro atoms. The van der Waals surface area contributed by atoms with E-state index in [1.807, 2.05) is 62.2 Å². The van der Waals surface area contributed by atoms with Crippen LogP contribution in [-0.2, 0) is 11.8 Å². The van der Waals surface area contributed by atoms with Crippen molar-refractivity contribution in [2.75, 3.05) is 23.7 Å². The molecular weight excluding hydrogens is 506 g/mol. The summed E-state index contributed by atoms with van der Waals surface area (Å²) in [6.45, 7) is 19.6. The summed E-state index contributed by atoms with van der Waals surface area (Å²) in [7, 11) is 0. The van der Waals surface area contributed by atoms with Gasteiger partial charge in [0, 0.05) is 51.1 Å². The second-order valence-corrected chi connectivity index (χ2v) is 12.6. The SMILES string of the molecule is C=C1NCCN(C(=O)c2cc(C(C)(C)C)sc2NC(=O)Nc2cc(C)cc(-c3ccc(CC)nc3)c2)C1(C)C.[HH].[HH].[HH]. The number of carbonyl (C=O) groups is 2. The summed E-state index contributed by atoms with van der Waals surface area (Å²) in [6.07, 6.45) is 2.74. The number of piperazine rings is 1. The Hall–Kier alpha value is -3.65. The maximum Gasteiger partial charge on any atom is 0.324 e. The number of carbonyl (C=O) groups excluding carboxylic acids is 2. The van der Waals surface area contributed by atoms with Crippen molar-refractivity contribution in [1.82, 2.24) is 15.2 Å². The molecule has 0 atom stereocenters. The smallest absolute Gasteiger partial charge is 0.324 e. The largest absolute Gasteiger partial charge is 0.385 e. The Morgan fingerprint density at radius 2 is 1.90 bits per heavy atom. The van der Waals surface area contributed by atoms with Crippen molar-refractivity contribution in [2.45, 2.75) is 65.8 Å². The summed E-state index contributed by atoms with van der Waals surface area (Å²) in [6, 6.07) is 11.5. The summed E-state index contributed by atoms with van der Waals surface area (Å²) in [5.74, 6) is -0.120. The van der Waals surface area contributed by atoms with Crippen LogP contribution in [0.15, 0.2) is 54.9 Å². The Labute approximate surface area is 240 Å². The zero-order valence-electron chi connectivity index (χ0n) is 24.0. The fourth-order valence-corrected chi connectivity index (χ4v) is 5.69. The minimum atomic E-state index is -0.555. The highest BCUT2D eigenvalue weighted by Crippen LogP contribution is 2.38. The number of amides is 3. The van der Waals surface area contributed by atoms with Crippen LogP contribution in [0.4, 0.5) is 15.5 Å². The second-order valence-electron chi connectivity index (χ2n) is 11.6. The molecule has 3 N–H and O–H groups in total. The lowest BCUT2D eigenvalue weighted by molar-refractivity contribution is 0.0559. The number of benzene rings is 1. The van der Waals surface area contributed by atoms with Gasteiger partial charge in [0.2, 0.25) is 0 Å². The molecule has 1 saturated heterocycles. The Kier molecular flexibility index (Phi) is 7.89. The minimum absolute atomic E-state index is 0. The molecule has 3 heterocycles. The van der Waals surface area contributed by atoms with Gasteiger partial charge in [0.25, 0.3) is 5.91 Å². The van der Waals surface area contributed by atoms with E-state index in [0.717, 1.165) is 39.4 Å². The van der Waals surface area contributed by atoms with Crippen molar-refractivity contribution in [1.29, 1.82) is 0 Å². The lowest BCUT2D eigenvalue weighted by atomic mass is 9.93. The molecular formula is C31H45N5O2S. The number of aryl methyl sites for hydroxylation is 2. The first-order valence-electron chi connectivity index (χ1n) is 13.3. The van der Waals surface area contributed by atoms with Gasteiger partial charge in [-0.1, -0.05) is 46.4 Å². The number of thiophene rings is 1. The lowest BCUT2D eigenvalue weighted by Crippen LogP contribution is -2.58. The van der Waals surface area contributed by atoms with E-state index >= 15 is 0 Å². The standard InChI is InChI=1S/C31H39N5O2S.3H2/c1-9-23-11-10-21(18-33-23)22-14-19(2)15-24(16-22)34-29(38)35-27-25(17-26(39-27)30(4,5)6)28(37)36-13-12-32-20(3)31(36,7)8;;;/h10-11,14-18,32H,3,9,12-13H2,1-2,4-8H3,(H2,34,35,38);3*1H. The third-order valence-corrected chi connectivity index (χ3v) is 8.59. The van der Waals surface area contributed by atoms with Crippen LogP contribution in [0.5, 0.6) is 0 Å². The predicted octanol–water partition coefficient (Wildman–Crippen LogP) is 7.70. The molecule has 1 aromatic carbocycles. The van der Waals surface area contributed by atoms with E-state index in [1.54, 1.807) is 0 Å². The molecule has 2 aromatic heterocycles. The first kappa shape index (κ1) is 28.4.